The van der Waals surface area contributed by atoms with Gasteiger partial charge in [0.15, 0.2) is 5.78 Å². The molecule has 0 aliphatic rings. The molecule has 3 nitrogen and oxygen atoms in total. The number of rotatable bonds is 2. The Morgan fingerprint density at radius 3 is 2.18 bits per heavy atom. The summed E-state index contributed by atoms with van der Waals surface area (Å²) < 4.78 is 0. The minimum absolute atomic E-state index is 0. The van der Waals surface area contributed by atoms with Crippen LogP contribution >= 0.6 is 0 Å². The Morgan fingerprint density at radius 1 is 0.929 bits per heavy atom. The smallest absolute Gasteiger partial charge is 0.155 e. The molecule has 0 saturated heterocycles. The fraction of sp³-hybridized carbons (Fsp3) is 0.0833. The predicted octanol–water partition coefficient (Wildman–Crippen LogP) is 5.89. The summed E-state index contributed by atoms with van der Waals surface area (Å²) >= 11 is 0. The zero-order chi connectivity index (χ0) is 19.2. The minimum Gasteiger partial charge on any atom is -0.512 e. The molecule has 0 atom stereocenters. The quantitative estimate of drug-likeness (QED) is 0.148. The molecule has 0 fully saturated rings. The summed E-state index contributed by atoms with van der Waals surface area (Å²) in [4.78, 5) is 14.8. The molecule has 0 saturated carbocycles. The summed E-state index contributed by atoms with van der Waals surface area (Å²) in [5.41, 5.74) is 3.02. The van der Waals surface area contributed by atoms with E-state index in [0.29, 0.717) is 0 Å². The number of fused-ring (bicyclic) bond motifs is 2. The molecule has 0 bridgehead atoms. The Bertz CT molecular complexity index is 1120. The second-order valence-electron chi connectivity index (χ2n) is 6.26. The summed E-state index contributed by atoms with van der Waals surface area (Å²) in [6.45, 7) is 2.85. The van der Waals surface area contributed by atoms with Crippen molar-refractivity contribution in [2.75, 3.05) is 0 Å². The molecule has 3 aromatic carbocycles. The topological polar surface area (TPSA) is 50.2 Å². The molecule has 4 aromatic rings. The van der Waals surface area contributed by atoms with Gasteiger partial charge in [0.05, 0.1) is 11.3 Å². The number of allylic oxidation sites excluding steroid dienone is 2. The van der Waals surface area contributed by atoms with Gasteiger partial charge in [0, 0.05) is 26.2 Å². The molecular formula is C24H20IrNO2-. The molecule has 143 valence electrons. The zero-order valence-electron chi connectivity index (χ0n) is 15.6. The third-order valence-corrected chi connectivity index (χ3v) is 3.95. The van der Waals surface area contributed by atoms with Gasteiger partial charge < -0.3 is 5.11 Å². The van der Waals surface area contributed by atoms with Gasteiger partial charge in [-0.05, 0) is 47.8 Å². The van der Waals surface area contributed by atoms with Crippen molar-refractivity contribution in [3.63, 3.8) is 0 Å². The Kier molecular flexibility index (Phi) is 7.62. The first kappa shape index (κ1) is 21.5. The molecule has 1 heterocycles. The molecule has 0 spiro atoms. The van der Waals surface area contributed by atoms with Crippen LogP contribution in [0.3, 0.4) is 0 Å². The first-order valence-electron chi connectivity index (χ1n) is 8.67. The number of nitrogens with zero attached hydrogens (tertiary/aromatic N) is 1. The number of carbonyl (C=O) groups excluding carboxylic acids is 1. The summed E-state index contributed by atoms with van der Waals surface area (Å²) in [5, 5.41) is 12.0. The van der Waals surface area contributed by atoms with Gasteiger partial charge in [-0.25, -0.2) is 0 Å². The van der Waals surface area contributed by atoms with Crippen LogP contribution in [0.4, 0.5) is 0 Å². The third kappa shape index (κ3) is 5.59. The first-order chi connectivity index (χ1) is 13.0. The normalized spacial score (nSPS) is 10.7. The van der Waals surface area contributed by atoms with Crippen molar-refractivity contribution < 1.29 is 30.0 Å². The number of hydrogen-bond donors (Lipinski definition) is 1. The van der Waals surface area contributed by atoms with Gasteiger partial charge in [0.1, 0.15) is 0 Å². The average Bonchev–Trinajstić information content (AvgIpc) is 2.66. The van der Waals surface area contributed by atoms with Crippen molar-refractivity contribution >= 4 is 27.5 Å². The maximum absolute atomic E-state index is 10.0. The largest absolute Gasteiger partial charge is 0.512 e. The molecule has 1 radical (unpaired) electrons. The maximum atomic E-state index is 10.0. The Morgan fingerprint density at radius 2 is 1.61 bits per heavy atom. The number of benzene rings is 3. The van der Waals surface area contributed by atoms with Crippen LogP contribution in [0.25, 0.3) is 32.9 Å². The van der Waals surface area contributed by atoms with Gasteiger partial charge in [-0.2, -0.15) is 0 Å². The number of carbonyl (C=O) groups is 1. The fourth-order valence-electron chi connectivity index (χ4n) is 2.81. The van der Waals surface area contributed by atoms with Gasteiger partial charge >= 0.3 is 0 Å². The molecule has 0 amide bonds. The number of pyridine rings is 1. The van der Waals surface area contributed by atoms with Gasteiger partial charge in [-0.1, -0.05) is 36.4 Å². The maximum Gasteiger partial charge on any atom is 0.155 e. The monoisotopic (exact) mass is 547 g/mol. The van der Waals surface area contributed by atoms with Crippen LogP contribution in [0, 0.1) is 6.07 Å². The minimum atomic E-state index is -0.125. The van der Waals surface area contributed by atoms with Crippen LogP contribution < -0.4 is 0 Å². The van der Waals surface area contributed by atoms with E-state index >= 15 is 0 Å². The number of aliphatic hydroxyl groups is 1. The van der Waals surface area contributed by atoms with Crippen LogP contribution in [0.15, 0.2) is 84.6 Å². The standard InChI is InChI=1S/C19H12N.C5H8O2.Ir/c1-2-6-14(7-3-1)18-11-10-17-12-15-8-4-5-9-16(15)13-19(17)20-18;1-4(6)3-5(2)7;/h1-6,8-13H;3,6H,1-2H3;/q-1;;. The van der Waals surface area contributed by atoms with Crippen molar-refractivity contribution in [3.05, 3.63) is 90.7 Å². The average molecular weight is 547 g/mol. The summed E-state index contributed by atoms with van der Waals surface area (Å²) in [7, 11) is 0. The molecule has 0 aliphatic heterocycles. The molecule has 0 aliphatic carbocycles. The molecule has 4 heteroatoms. The SMILES string of the molecule is CC(=O)C=C(C)O.[Ir].[c-]1ccccc1-c1ccc2cc3ccccc3cc2n1. The van der Waals surface area contributed by atoms with E-state index in [1.165, 1.54) is 36.1 Å². The van der Waals surface area contributed by atoms with E-state index < -0.39 is 0 Å². The van der Waals surface area contributed by atoms with E-state index in [9.17, 15) is 4.79 Å². The second-order valence-corrected chi connectivity index (χ2v) is 6.26. The van der Waals surface area contributed by atoms with Crippen LogP contribution in [-0.4, -0.2) is 15.9 Å². The van der Waals surface area contributed by atoms with Gasteiger partial charge in [0.2, 0.25) is 0 Å². The molecule has 28 heavy (non-hydrogen) atoms. The molecule has 0 unspecified atom stereocenters. The van der Waals surface area contributed by atoms with Crippen LogP contribution in [0.2, 0.25) is 0 Å². The van der Waals surface area contributed by atoms with E-state index in [4.69, 9.17) is 10.1 Å². The molecular weight excluding hydrogens is 526 g/mol. The van der Waals surface area contributed by atoms with Crippen molar-refractivity contribution in [1.29, 1.82) is 0 Å². The zero-order valence-corrected chi connectivity index (χ0v) is 18.0. The Hall–Kier alpha value is -2.81. The number of aromatic nitrogens is 1. The van der Waals surface area contributed by atoms with Gasteiger partial charge in [-0.3, -0.25) is 9.78 Å². The molecule has 1 N–H and O–H groups in total. The third-order valence-electron chi connectivity index (χ3n) is 3.95. The van der Waals surface area contributed by atoms with Gasteiger partial charge in [0.25, 0.3) is 0 Å². The Balaban J connectivity index is 0.000000306. The number of ketones is 1. The molecule has 1 aromatic heterocycles. The van der Waals surface area contributed by atoms with Crippen molar-refractivity contribution in [2.24, 2.45) is 0 Å². The van der Waals surface area contributed by atoms with Crippen molar-refractivity contribution in [1.82, 2.24) is 4.98 Å². The number of hydrogen-bond acceptors (Lipinski definition) is 3. The fourth-order valence-corrected chi connectivity index (χ4v) is 2.81. The van der Waals surface area contributed by atoms with E-state index in [2.05, 4.69) is 54.6 Å². The Labute approximate surface area is 178 Å². The van der Waals surface area contributed by atoms with Crippen LogP contribution in [0.5, 0.6) is 0 Å². The predicted molar refractivity (Wildman–Crippen MR) is 111 cm³/mol. The first-order valence-corrected chi connectivity index (χ1v) is 8.67. The van der Waals surface area contributed by atoms with Crippen molar-refractivity contribution in [2.45, 2.75) is 13.8 Å². The van der Waals surface area contributed by atoms with Crippen molar-refractivity contribution in [3.8, 4) is 11.3 Å². The van der Waals surface area contributed by atoms with Crippen LogP contribution in [-0.2, 0) is 24.9 Å². The van der Waals surface area contributed by atoms with E-state index in [1.54, 1.807) is 0 Å². The molecule has 4 rings (SSSR count). The summed E-state index contributed by atoms with van der Waals surface area (Å²) in [6, 6.07) is 28.1. The van der Waals surface area contributed by atoms with E-state index in [1.807, 2.05) is 24.3 Å². The summed E-state index contributed by atoms with van der Waals surface area (Å²) in [6.07, 6.45) is 1.17. The van der Waals surface area contributed by atoms with Gasteiger partial charge in [-0.15, -0.1) is 35.9 Å². The second kappa shape index (κ2) is 9.93. The van der Waals surface area contributed by atoms with E-state index in [-0.39, 0.29) is 31.6 Å². The number of aliphatic hydroxyl groups excluding tert-OH is 1. The van der Waals surface area contributed by atoms with E-state index in [0.717, 1.165) is 16.8 Å². The summed E-state index contributed by atoms with van der Waals surface area (Å²) in [5.74, 6) is -0.0625. The van der Waals surface area contributed by atoms with Crippen LogP contribution in [0.1, 0.15) is 13.8 Å².